The number of para-hydroxylation sites is 2. The van der Waals surface area contributed by atoms with E-state index in [0.29, 0.717) is 4.68 Å². The Bertz CT molecular complexity index is 669. The Hall–Kier alpha value is -1.60. The van der Waals surface area contributed by atoms with Gasteiger partial charge in [0.15, 0.2) is 4.90 Å². The lowest BCUT2D eigenvalue weighted by Crippen LogP contribution is -2.01. The lowest BCUT2D eigenvalue weighted by Gasteiger charge is -2.04. The predicted molar refractivity (Wildman–Crippen MR) is 58.2 cm³/mol. The number of halogens is 2. The Morgan fingerprint density at radius 3 is 2.53 bits per heavy atom. The molecule has 0 spiro atoms. The molecule has 0 saturated carbocycles. The molecule has 17 heavy (non-hydrogen) atoms. The maximum atomic E-state index is 13.7. The van der Waals surface area contributed by atoms with Crippen molar-refractivity contribution in [3.05, 3.63) is 36.4 Å². The highest BCUT2D eigenvalue weighted by molar-refractivity contribution is 8.13. The van der Waals surface area contributed by atoms with E-state index in [9.17, 15) is 17.9 Å². The summed E-state index contributed by atoms with van der Waals surface area (Å²) >= 11 is 0. The summed E-state index contributed by atoms with van der Waals surface area (Å²) < 4.78 is 36.4. The van der Waals surface area contributed by atoms with Crippen molar-refractivity contribution in [2.24, 2.45) is 0 Å². The quantitative estimate of drug-likeness (QED) is 0.847. The van der Waals surface area contributed by atoms with Gasteiger partial charge in [0.25, 0.3) is 9.05 Å². The molecular formula is C9H6ClFN2O3S. The van der Waals surface area contributed by atoms with Crippen molar-refractivity contribution in [1.29, 1.82) is 0 Å². The van der Waals surface area contributed by atoms with Gasteiger partial charge in [0, 0.05) is 10.7 Å². The van der Waals surface area contributed by atoms with E-state index >= 15 is 0 Å². The van der Waals surface area contributed by atoms with Crippen LogP contribution in [0.25, 0.3) is 5.69 Å². The summed E-state index contributed by atoms with van der Waals surface area (Å²) in [5, 5.41) is 13.0. The van der Waals surface area contributed by atoms with Gasteiger partial charge in [-0.1, -0.05) is 12.1 Å². The normalized spacial score (nSPS) is 11.6. The molecule has 1 heterocycles. The van der Waals surface area contributed by atoms with E-state index in [1.807, 2.05) is 0 Å². The van der Waals surface area contributed by atoms with Crippen LogP contribution in [0.3, 0.4) is 0 Å². The fraction of sp³-hybridized carbons (Fsp3) is 0. The molecule has 0 saturated heterocycles. The second kappa shape index (κ2) is 4.01. The summed E-state index contributed by atoms with van der Waals surface area (Å²) in [5.74, 6) is -1.38. The zero-order chi connectivity index (χ0) is 12.6. The number of aromatic nitrogens is 2. The number of hydrogen-bond donors (Lipinski definition) is 1. The van der Waals surface area contributed by atoms with Gasteiger partial charge < -0.3 is 5.11 Å². The molecular weight excluding hydrogens is 271 g/mol. The van der Waals surface area contributed by atoms with Crippen LogP contribution in [-0.2, 0) is 9.05 Å². The molecule has 0 atom stereocenters. The van der Waals surface area contributed by atoms with Crippen molar-refractivity contribution < 1.29 is 17.9 Å². The van der Waals surface area contributed by atoms with Crippen molar-refractivity contribution in [2.75, 3.05) is 0 Å². The molecule has 1 aromatic heterocycles. The van der Waals surface area contributed by atoms with Gasteiger partial charge in [-0.2, -0.15) is 9.49 Å². The first-order chi connectivity index (χ1) is 7.91. The molecule has 0 fully saturated rings. The molecule has 0 amide bonds. The van der Waals surface area contributed by atoms with Gasteiger partial charge in [0.2, 0.25) is 5.95 Å². The molecule has 90 valence electrons. The number of phenols is 1. The third kappa shape index (κ3) is 2.11. The van der Waals surface area contributed by atoms with Crippen LogP contribution in [0, 0.1) is 5.95 Å². The first kappa shape index (κ1) is 11.9. The number of rotatable bonds is 2. The number of hydrogen-bond acceptors (Lipinski definition) is 4. The fourth-order valence-electron chi connectivity index (χ4n) is 1.29. The van der Waals surface area contributed by atoms with Crippen molar-refractivity contribution in [1.82, 2.24) is 9.78 Å². The van der Waals surface area contributed by atoms with Crippen LogP contribution in [0.5, 0.6) is 5.75 Å². The van der Waals surface area contributed by atoms with Gasteiger partial charge in [-0.15, -0.1) is 0 Å². The van der Waals surface area contributed by atoms with Crippen molar-refractivity contribution in [2.45, 2.75) is 4.90 Å². The number of phenolic OH excluding ortho intramolecular Hbond substituents is 1. The molecule has 0 unspecified atom stereocenters. The predicted octanol–water partition coefficient (Wildman–Crippen LogP) is 1.64. The van der Waals surface area contributed by atoms with Crippen LogP contribution in [0.1, 0.15) is 0 Å². The minimum atomic E-state index is -4.20. The monoisotopic (exact) mass is 276 g/mol. The van der Waals surface area contributed by atoms with Crippen LogP contribution in [-0.4, -0.2) is 23.3 Å². The third-order valence-electron chi connectivity index (χ3n) is 2.05. The van der Waals surface area contributed by atoms with Crippen LogP contribution in [0.4, 0.5) is 4.39 Å². The summed E-state index contributed by atoms with van der Waals surface area (Å²) in [7, 11) is 0.820. The van der Waals surface area contributed by atoms with Gasteiger partial charge in [-0.3, -0.25) is 0 Å². The molecule has 8 heteroatoms. The molecule has 1 N–H and O–H groups in total. The summed E-state index contributed by atoms with van der Waals surface area (Å²) in [6.07, 6.45) is 0.782. The lowest BCUT2D eigenvalue weighted by molar-refractivity contribution is 0.457. The highest BCUT2D eigenvalue weighted by Gasteiger charge is 2.22. The first-order valence-electron chi connectivity index (χ1n) is 4.38. The molecule has 0 aliphatic heterocycles. The lowest BCUT2D eigenvalue weighted by atomic mass is 10.3. The summed E-state index contributed by atoms with van der Waals surface area (Å²) in [5.41, 5.74) is 0.0246. The molecule has 0 aliphatic rings. The Morgan fingerprint density at radius 2 is 2.00 bits per heavy atom. The number of aromatic hydroxyl groups is 1. The SMILES string of the molecule is O=S(=O)(Cl)c1cnn(-c2ccccc2O)c1F. The second-order valence-electron chi connectivity index (χ2n) is 3.14. The van der Waals surface area contributed by atoms with Crippen LogP contribution in [0.15, 0.2) is 35.4 Å². The van der Waals surface area contributed by atoms with Gasteiger partial charge in [0.05, 0.1) is 6.20 Å². The maximum absolute atomic E-state index is 13.7. The standard InChI is InChI=1S/C9H6ClFN2O3S/c10-17(15,16)8-5-12-13(9(8)11)6-3-1-2-4-7(6)14/h1-5,14H. The number of nitrogens with zero attached hydrogens (tertiary/aromatic N) is 2. The van der Waals surface area contributed by atoms with Crippen molar-refractivity contribution >= 4 is 19.7 Å². The van der Waals surface area contributed by atoms with Gasteiger partial charge in [-0.25, -0.2) is 13.1 Å². The van der Waals surface area contributed by atoms with Gasteiger partial charge in [-0.05, 0) is 12.1 Å². The minimum absolute atomic E-state index is 0.0246. The average Bonchev–Trinajstić information content (AvgIpc) is 2.60. The Labute approximate surface area is 100 Å². The second-order valence-corrected chi connectivity index (χ2v) is 5.67. The van der Waals surface area contributed by atoms with E-state index in [0.717, 1.165) is 6.20 Å². The molecule has 0 radical (unpaired) electrons. The minimum Gasteiger partial charge on any atom is -0.506 e. The maximum Gasteiger partial charge on any atom is 0.267 e. The number of benzene rings is 1. The molecule has 2 rings (SSSR count). The molecule has 0 aliphatic carbocycles. The van der Waals surface area contributed by atoms with Crippen molar-refractivity contribution in [3.8, 4) is 11.4 Å². The van der Waals surface area contributed by atoms with E-state index in [2.05, 4.69) is 5.10 Å². The zero-order valence-corrected chi connectivity index (χ0v) is 9.78. The Balaban J connectivity index is 2.64. The molecule has 5 nitrogen and oxygen atoms in total. The highest BCUT2D eigenvalue weighted by atomic mass is 35.7. The van der Waals surface area contributed by atoms with Gasteiger partial charge in [0.1, 0.15) is 11.4 Å². The molecule has 2 aromatic rings. The van der Waals surface area contributed by atoms with E-state index in [1.54, 1.807) is 12.1 Å². The molecule has 1 aromatic carbocycles. The largest absolute Gasteiger partial charge is 0.506 e. The summed E-state index contributed by atoms with van der Waals surface area (Å²) in [4.78, 5) is -0.734. The van der Waals surface area contributed by atoms with E-state index < -0.39 is 19.9 Å². The van der Waals surface area contributed by atoms with E-state index in [4.69, 9.17) is 10.7 Å². The first-order valence-corrected chi connectivity index (χ1v) is 6.69. The Morgan fingerprint density at radius 1 is 1.35 bits per heavy atom. The molecule has 0 bridgehead atoms. The van der Waals surface area contributed by atoms with E-state index in [-0.39, 0.29) is 11.4 Å². The topological polar surface area (TPSA) is 72.2 Å². The summed E-state index contributed by atoms with van der Waals surface area (Å²) in [6, 6.07) is 5.80. The van der Waals surface area contributed by atoms with Crippen molar-refractivity contribution in [3.63, 3.8) is 0 Å². The van der Waals surface area contributed by atoms with Crippen LogP contribution < -0.4 is 0 Å². The zero-order valence-electron chi connectivity index (χ0n) is 8.21. The highest BCUT2D eigenvalue weighted by Crippen LogP contribution is 2.25. The third-order valence-corrected chi connectivity index (χ3v) is 3.35. The van der Waals surface area contributed by atoms with Crippen LogP contribution >= 0.6 is 10.7 Å². The Kier molecular flexibility index (Phi) is 2.80. The van der Waals surface area contributed by atoms with Gasteiger partial charge >= 0.3 is 0 Å². The van der Waals surface area contributed by atoms with Crippen LogP contribution in [0.2, 0.25) is 0 Å². The summed E-state index contributed by atoms with van der Waals surface area (Å²) in [6.45, 7) is 0. The average molecular weight is 277 g/mol. The fourth-order valence-corrected chi connectivity index (χ4v) is 2.06. The smallest absolute Gasteiger partial charge is 0.267 e. The van der Waals surface area contributed by atoms with E-state index in [1.165, 1.54) is 12.1 Å².